The summed E-state index contributed by atoms with van der Waals surface area (Å²) < 4.78 is 59.3. The van der Waals surface area contributed by atoms with Crippen molar-refractivity contribution in [2.45, 2.75) is 37.0 Å². The molecule has 4 rings (SSSR count). The Morgan fingerprint density at radius 3 is 2.49 bits per heavy atom. The summed E-state index contributed by atoms with van der Waals surface area (Å²) in [7, 11) is 0. The van der Waals surface area contributed by atoms with Gasteiger partial charge in [-0.25, -0.2) is 4.39 Å². The predicted octanol–water partition coefficient (Wildman–Crippen LogP) is 3.27. The lowest BCUT2D eigenvalue weighted by molar-refractivity contribution is -0.168. The highest BCUT2D eigenvalue weighted by atomic mass is 35.5. The van der Waals surface area contributed by atoms with Crippen LogP contribution in [0.25, 0.3) is 0 Å². The molecule has 0 radical (unpaired) electrons. The zero-order chi connectivity index (χ0) is 25.8. The van der Waals surface area contributed by atoms with Crippen molar-refractivity contribution in [3.05, 3.63) is 62.6 Å². The van der Waals surface area contributed by atoms with Crippen LogP contribution in [0.15, 0.2) is 24.4 Å². The number of primary amides is 1. The Kier molecular flexibility index (Phi) is 6.22. The predicted molar refractivity (Wildman–Crippen MR) is 113 cm³/mol. The molecule has 0 bridgehead atoms. The van der Waals surface area contributed by atoms with Crippen LogP contribution in [0.1, 0.15) is 56.8 Å². The van der Waals surface area contributed by atoms with Crippen molar-refractivity contribution in [2.24, 2.45) is 5.73 Å². The number of hydrogen-bond donors (Lipinski definition) is 2. The fourth-order valence-corrected chi connectivity index (χ4v) is 4.91. The van der Waals surface area contributed by atoms with Crippen molar-refractivity contribution in [2.75, 3.05) is 0 Å². The molecular formula is C21H14Cl2F4N4O4. The third kappa shape index (κ3) is 4.20. The molecule has 2 unspecified atom stereocenters. The summed E-state index contributed by atoms with van der Waals surface area (Å²) in [5.74, 6) is -8.26. The molecule has 3 heterocycles. The Morgan fingerprint density at radius 1 is 1.23 bits per heavy atom. The number of piperidine rings is 1. The molecule has 1 aromatic carbocycles. The molecule has 3 N–H and O–H groups in total. The molecule has 4 amide bonds. The van der Waals surface area contributed by atoms with Crippen LogP contribution in [0, 0.1) is 5.82 Å². The van der Waals surface area contributed by atoms with Gasteiger partial charge in [-0.3, -0.25) is 29.5 Å². The maximum atomic E-state index is 15.5. The number of carbonyl (C=O) groups is 4. The molecule has 1 saturated heterocycles. The number of rotatable bonds is 4. The summed E-state index contributed by atoms with van der Waals surface area (Å²) in [6.45, 7) is 0. The third-order valence-corrected chi connectivity index (χ3v) is 6.36. The lowest BCUT2D eigenvalue weighted by Gasteiger charge is -2.38. The van der Waals surface area contributed by atoms with E-state index < -0.39 is 81.0 Å². The van der Waals surface area contributed by atoms with E-state index in [2.05, 4.69) is 4.98 Å². The van der Waals surface area contributed by atoms with Gasteiger partial charge in [0.25, 0.3) is 11.8 Å². The van der Waals surface area contributed by atoms with Crippen LogP contribution in [0.3, 0.4) is 0 Å². The lowest BCUT2D eigenvalue weighted by atomic mass is 9.86. The lowest BCUT2D eigenvalue weighted by Crippen LogP contribution is -2.55. The molecule has 0 spiro atoms. The normalized spacial score (nSPS) is 21.1. The zero-order valence-corrected chi connectivity index (χ0v) is 18.8. The molecule has 3 atom stereocenters. The highest BCUT2D eigenvalue weighted by Crippen LogP contribution is 2.53. The minimum absolute atomic E-state index is 0.0770. The number of nitrogens with zero attached hydrogens (tertiary/aromatic N) is 2. The number of pyridine rings is 1. The molecule has 2 aliphatic heterocycles. The number of imide groups is 1. The van der Waals surface area contributed by atoms with Crippen LogP contribution >= 0.6 is 23.2 Å². The van der Waals surface area contributed by atoms with Crippen molar-refractivity contribution < 1.29 is 36.7 Å². The minimum atomic E-state index is -5.18. The topological polar surface area (TPSA) is 122 Å². The van der Waals surface area contributed by atoms with Crippen LogP contribution < -0.4 is 11.1 Å². The van der Waals surface area contributed by atoms with Gasteiger partial charge in [0.15, 0.2) is 0 Å². The quantitative estimate of drug-likeness (QED) is 0.462. The number of carbonyl (C=O) groups excluding carboxylic acids is 4. The largest absolute Gasteiger partial charge is 0.399 e. The first-order chi connectivity index (χ1) is 16.3. The van der Waals surface area contributed by atoms with Gasteiger partial charge in [-0.15, -0.1) is 0 Å². The van der Waals surface area contributed by atoms with Crippen molar-refractivity contribution in [1.82, 2.24) is 15.2 Å². The molecule has 184 valence electrons. The van der Waals surface area contributed by atoms with Gasteiger partial charge in [-0.1, -0.05) is 23.2 Å². The van der Waals surface area contributed by atoms with Gasteiger partial charge in [0.05, 0.1) is 27.3 Å². The highest BCUT2D eigenvalue weighted by Gasteiger charge is 2.58. The standard InChI is InChI=1S/C21H14Cl2F4N4O4/c22-7-5-10(23)16(29-6-7)14(21(25,26)27)17-13-8(1-2-9(15(13)24)18(28)33)20(35)31(17)11-3-4-12(32)30-19(11)34/h1-2,5-6,11,14,17H,3-4H2,(H2,28,33)(H,30,32,34)/t11?,14-,17?/m0/s1. The van der Waals surface area contributed by atoms with Crippen LogP contribution in [0.4, 0.5) is 17.6 Å². The molecule has 1 aromatic heterocycles. The highest BCUT2D eigenvalue weighted by molar-refractivity contribution is 6.34. The van der Waals surface area contributed by atoms with Gasteiger partial charge in [0.2, 0.25) is 11.8 Å². The van der Waals surface area contributed by atoms with E-state index in [0.29, 0.717) is 4.90 Å². The number of nitrogens with two attached hydrogens (primary N) is 1. The van der Waals surface area contributed by atoms with Crippen LogP contribution in [0.5, 0.6) is 0 Å². The number of hydrogen-bond acceptors (Lipinski definition) is 5. The monoisotopic (exact) mass is 532 g/mol. The molecular weight excluding hydrogens is 519 g/mol. The Bertz CT molecular complexity index is 1290. The van der Waals surface area contributed by atoms with Crippen molar-refractivity contribution >= 4 is 46.8 Å². The number of aromatic nitrogens is 1. The smallest absolute Gasteiger partial charge is 0.366 e. The summed E-state index contributed by atoms with van der Waals surface area (Å²) in [4.78, 5) is 53.5. The SMILES string of the molecule is NC(=O)c1ccc2c(c1F)C([C@H](c1ncc(Cl)cc1Cl)C(F)(F)F)N(C1CCC(=O)NC1=O)C2=O. The maximum Gasteiger partial charge on any atom is 0.399 e. The van der Waals surface area contributed by atoms with E-state index in [1.165, 1.54) is 0 Å². The van der Waals surface area contributed by atoms with Gasteiger partial charge in [-0.2, -0.15) is 13.2 Å². The van der Waals surface area contributed by atoms with E-state index >= 15 is 4.39 Å². The van der Waals surface area contributed by atoms with Gasteiger partial charge in [-0.05, 0) is 24.6 Å². The Morgan fingerprint density at radius 2 is 1.91 bits per heavy atom. The van der Waals surface area contributed by atoms with E-state index in [4.69, 9.17) is 28.9 Å². The molecule has 1 fully saturated rings. The zero-order valence-electron chi connectivity index (χ0n) is 17.3. The Labute approximate surface area is 204 Å². The summed E-state index contributed by atoms with van der Waals surface area (Å²) in [6.07, 6.45) is -4.86. The van der Waals surface area contributed by atoms with Crippen LogP contribution in [-0.2, 0) is 9.59 Å². The average molecular weight is 533 g/mol. The molecule has 14 heteroatoms. The fraction of sp³-hybridized carbons (Fsp3) is 0.286. The van der Waals surface area contributed by atoms with E-state index in [-0.39, 0.29) is 17.9 Å². The van der Waals surface area contributed by atoms with Crippen molar-refractivity contribution in [3.8, 4) is 0 Å². The summed E-state index contributed by atoms with van der Waals surface area (Å²) in [6, 6.07) is -0.926. The van der Waals surface area contributed by atoms with Gasteiger partial charge in [0, 0.05) is 23.7 Å². The number of benzene rings is 1. The van der Waals surface area contributed by atoms with Gasteiger partial charge in [0.1, 0.15) is 17.8 Å². The number of amides is 4. The molecule has 0 saturated carbocycles. The molecule has 35 heavy (non-hydrogen) atoms. The number of nitrogens with one attached hydrogen (secondary N) is 1. The van der Waals surface area contributed by atoms with Gasteiger partial charge >= 0.3 is 6.18 Å². The summed E-state index contributed by atoms with van der Waals surface area (Å²) in [5.41, 5.74) is 2.35. The number of fused-ring (bicyclic) bond motifs is 1. The van der Waals surface area contributed by atoms with Crippen LogP contribution in [-0.4, -0.2) is 45.7 Å². The first-order valence-corrected chi connectivity index (χ1v) is 10.7. The second-order valence-corrected chi connectivity index (χ2v) is 8.76. The molecule has 2 aliphatic rings. The van der Waals surface area contributed by atoms with Crippen molar-refractivity contribution in [3.63, 3.8) is 0 Å². The van der Waals surface area contributed by atoms with E-state index in [0.717, 1.165) is 24.4 Å². The minimum Gasteiger partial charge on any atom is -0.366 e. The average Bonchev–Trinajstić information content (AvgIpc) is 3.02. The summed E-state index contributed by atoms with van der Waals surface area (Å²) >= 11 is 11.8. The third-order valence-electron chi connectivity index (χ3n) is 5.85. The second-order valence-electron chi connectivity index (χ2n) is 7.92. The van der Waals surface area contributed by atoms with Crippen molar-refractivity contribution in [1.29, 1.82) is 0 Å². The van der Waals surface area contributed by atoms with Gasteiger partial charge < -0.3 is 10.6 Å². The maximum absolute atomic E-state index is 15.5. The van der Waals surface area contributed by atoms with E-state index in [9.17, 15) is 32.3 Å². The van der Waals surface area contributed by atoms with E-state index in [1.807, 2.05) is 5.32 Å². The molecule has 8 nitrogen and oxygen atoms in total. The van der Waals surface area contributed by atoms with Crippen LogP contribution in [0.2, 0.25) is 10.0 Å². The second kappa shape index (κ2) is 8.76. The van der Waals surface area contributed by atoms with E-state index in [1.54, 1.807) is 0 Å². The fourth-order valence-electron chi connectivity index (χ4n) is 4.41. The first-order valence-electron chi connectivity index (χ1n) is 9.99. The Hall–Kier alpha value is -3.25. The summed E-state index contributed by atoms with van der Waals surface area (Å²) in [5, 5.41) is 1.38. The first kappa shape index (κ1) is 24.9. The number of alkyl halides is 3. The Balaban J connectivity index is 2.01. The molecule has 0 aliphatic carbocycles. The molecule has 2 aromatic rings. The number of halogens is 6.